The van der Waals surface area contributed by atoms with Crippen LogP contribution >= 0.6 is 15.9 Å². The van der Waals surface area contributed by atoms with Crippen molar-refractivity contribution in [1.82, 2.24) is 0 Å². The van der Waals surface area contributed by atoms with Crippen LogP contribution < -0.4 is 0 Å². The van der Waals surface area contributed by atoms with Crippen LogP contribution in [0.2, 0.25) is 0 Å². The first-order chi connectivity index (χ1) is 5.61. The third-order valence-electron chi connectivity index (χ3n) is 1.98. The largest absolute Gasteiger partial charge is 0.0836 e. The van der Waals surface area contributed by atoms with E-state index in [4.69, 9.17) is 0 Å². The highest BCUT2D eigenvalue weighted by Gasteiger charge is 2.10. The number of rotatable bonds is 2. The Morgan fingerprint density at radius 1 is 1.08 bits per heavy atom. The number of alkyl halides is 1. The molecule has 0 heterocycles. The van der Waals surface area contributed by atoms with E-state index in [0.29, 0.717) is 10.7 Å². The van der Waals surface area contributed by atoms with Gasteiger partial charge in [0.25, 0.3) is 0 Å². The topological polar surface area (TPSA) is 0 Å². The van der Waals surface area contributed by atoms with Crippen LogP contribution in [0, 0.1) is 12.8 Å². The Morgan fingerprint density at radius 2 is 1.58 bits per heavy atom. The molecule has 0 N–H and O–H groups in total. The molecule has 66 valence electrons. The highest BCUT2D eigenvalue weighted by Crippen LogP contribution is 2.30. The van der Waals surface area contributed by atoms with Crippen molar-refractivity contribution in [1.29, 1.82) is 0 Å². The van der Waals surface area contributed by atoms with E-state index < -0.39 is 0 Å². The maximum Gasteiger partial charge on any atom is 0.0418 e. The zero-order chi connectivity index (χ0) is 9.14. The molecule has 1 atom stereocenters. The lowest BCUT2D eigenvalue weighted by atomic mass is 10.0. The number of halogens is 1. The van der Waals surface area contributed by atoms with Gasteiger partial charge in [-0.3, -0.25) is 0 Å². The Bertz CT molecular complexity index is 236. The van der Waals surface area contributed by atoms with Crippen molar-refractivity contribution in [3.8, 4) is 0 Å². The lowest BCUT2D eigenvalue weighted by Crippen LogP contribution is -1.98. The van der Waals surface area contributed by atoms with E-state index in [-0.39, 0.29) is 0 Å². The molecular formula is C11H15Br. The summed E-state index contributed by atoms with van der Waals surface area (Å²) in [7, 11) is 0. The van der Waals surface area contributed by atoms with Crippen LogP contribution in [0.1, 0.15) is 29.8 Å². The van der Waals surface area contributed by atoms with E-state index in [1.807, 2.05) is 0 Å². The molecule has 1 unspecified atom stereocenters. The second-order valence-electron chi connectivity index (χ2n) is 3.56. The maximum atomic E-state index is 3.67. The fourth-order valence-corrected chi connectivity index (χ4v) is 1.44. The van der Waals surface area contributed by atoms with Crippen molar-refractivity contribution in [3.05, 3.63) is 35.4 Å². The molecule has 0 aromatic heterocycles. The van der Waals surface area contributed by atoms with Gasteiger partial charge in [0, 0.05) is 4.83 Å². The molecule has 0 radical (unpaired) electrons. The molecule has 0 aliphatic rings. The lowest BCUT2D eigenvalue weighted by Gasteiger charge is -2.13. The standard InChI is InChI=1S/C11H15Br/c1-8(2)11(12)10-6-4-9(3)5-7-10/h4-8,11H,1-3H3. The minimum atomic E-state index is 0.484. The summed E-state index contributed by atoms with van der Waals surface area (Å²) < 4.78 is 0. The second-order valence-corrected chi connectivity index (χ2v) is 4.54. The molecule has 0 amide bonds. The van der Waals surface area contributed by atoms with Crippen molar-refractivity contribution in [2.75, 3.05) is 0 Å². The van der Waals surface area contributed by atoms with Gasteiger partial charge in [-0.15, -0.1) is 0 Å². The number of hydrogen-bond donors (Lipinski definition) is 0. The molecule has 1 aromatic rings. The van der Waals surface area contributed by atoms with Crippen LogP contribution in [-0.4, -0.2) is 0 Å². The molecule has 0 saturated carbocycles. The zero-order valence-electron chi connectivity index (χ0n) is 7.84. The van der Waals surface area contributed by atoms with Crippen molar-refractivity contribution in [2.45, 2.75) is 25.6 Å². The van der Waals surface area contributed by atoms with Crippen LogP contribution in [0.5, 0.6) is 0 Å². The molecule has 1 heteroatoms. The van der Waals surface area contributed by atoms with E-state index in [1.165, 1.54) is 11.1 Å². The van der Waals surface area contributed by atoms with Gasteiger partial charge in [0.1, 0.15) is 0 Å². The monoisotopic (exact) mass is 226 g/mol. The van der Waals surface area contributed by atoms with E-state index >= 15 is 0 Å². The van der Waals surface area contributed by atoms with Gasteiger partial charge in [-0.05, 0) is 18.4 Å². The van der Waals surface area contributed by atoms with Gasteiger partial charge < -0.3 is 0 Å². The highest BCUT2D eigenvalue weighted by molar-refractivity contribution is 9.09. The van der Waals surface area contributed by atoms with E-state index in [9.17, 15) is 0 Å². The Morgan fingerprint density at radius 3 is 2.00 bits per heavy atom. The molecular weight excluding hydrogens is 212 g/mol. The average molecular weight is 227 g/mol. The third-order valence-corrected chi connectivity index (χ3v) is 3.57. The summed E-state index contributed by atoms with van der Waals surface area (Å²) in [6, 6.07) is 8.70. The maximum absolute atomic E-state index is 3.67. The summed E-state index contributed by atoms with van der Waals surface area (Å²) in [5.74, 6) is 0.646. The summed E-state index contributed by atoms with van der Waals surface area (Å²) in [6.45, 7) is 6.56. The molecule has 1 aromatic carbocycles. The van der Waals surface area contributed by atoms with E-state index in [0.717, 1.165) is 0 Å². The minimum Gasteiger partial charge on any atom is -0.0836 e. The van der Waals surface area contributed by atoms with Crippen LogP contribution in [0.3, 0.4) is 0 Å². The van der Waals surface area contributed by atoms with Crippen molar-refractivity contribution in [2.24, 2.45) is 5.92 Å². The predicted molar refractivity (Wildman–Crippen MR) is 57.7 cm³/mol. The van der Waals surface area contributed by atoms with Gasteiger partial charge >= 0.3 is 0 Å². The van der Waals surface area contributed by atoms with Gasteiger partial charge in [0.15, 0.2) is 0 Å². The first-order valence-electron chi connectivity index (χ1n) is 4.32. The highest BCUT2D eigenvalue weighted by atomic mass is 79.9. The van der Waals surface area contributed by atoms with Gasteiger partial charge in [-0.1, -0.05) is 59.6 Å². The van der Waals surface area contributed by atoms with Crippen LogP contribution in [0.25, 0.3) is 0 Å². The number of aryl methyl sites for hydroxylation is 1. The molecule has 0 nitrogen and oxygen atoms in total. The number of benzene rings is 1. The SMILES string of the molecule is Cc1ccc(C(Br)C(C)C)cc1. The first kappa shape index (κ1) is 9.79. The van der Waals surface area contributed by atoms with Crippen LogP contribution in [0.15, 0.2) is 24.3 Å². The molecule has 0 saturated heterocycles. The van der Waals surface area contributed by atoms with Gasteiger partial charge in [0.2, 0.25) is 0 Å². The van der Waals surface area contributed by atoms with E-state index in [1.54, 1.807) is 0 Å². The van der Waals surface area contributed by atoms with Gasteiger partial charge in [-0.25, -0.2) is 0 Å². The molecule has 0 bridgehead atoms. The Balaban J connectivity index is 2.82. The summed E-state index contributed by atoms with van der Waals surface area (Å²) in [6.07, 6.45) is 0. The Hall–Kier alpha value is -0.300. The first-order valence-corrected chi connectivity index (χ1v) is 5.23. The molecule has 0 spiro atoms. The summed E-state index contributed by atoms with van der Waals surface area (Å²) in [4.78, 5) is 0.484. The zero-order valence-corrected chi connectivity index (χ0v) is 9.43. The fraction of sp³-hybridized carbons (Fsp3) is 0.455. The lowest BCUT2D eigenvalue weighted by molar-refractivity contribution is 0.641. The van der Waals surface area contributed by atoms with Crippen molar-refractivity contribution in [3.63, 3.8) is 0 Å². The van der Waals surface area contributed by atoms with Gasteiger partial charge in [-0.2, -0.15) is 0 Å². The quantitative estimate of drug-likeness (QED) is 0.667. The summed E-state index contributed by atoms with van der Waals surface area (Å²) >= 11 is 3.67. The summed E-state index contributed by atoms with van der Waals surface area (Å²) in [5, 5.41) is 0. The molecule has 12 heavy (non-hydrogen) atoms. The van der Waals surface area contributed by atoms with Crippen molar-refractivity contribution >= 4 is 15.9 Å². The number of hydrogen-bond acceptors (Lipinski definition) is 0. The average Bonchev–Trinajstić information content (AvgIpc) is 2.04. The molecule has 0 aliphatic heterocycles. The fourth-order valence-electron chi connectivity index (χ4n) is 1.14. The molecule has 0 aliphatic carbocycles. The van der Waals surface area contributed by atoms with Crippen molar-refractivity contribution < 1.29 is 0 Å². The second kappa shape index (κ2) is 4.08. The van der Waals surface area contributed by atoms with Crippen LogP contribution in [0.4, 0.5) is 0 Å². The Labute approximate surface area is 83.1 Å². The normalized spacial score (nSPS) is 13.4. The van der Waals surface area contributed by atoms with E-state index in [2.05, 4.69) is 61.0 Å². The van der Waals surface area contributed by atoms with Gasteiger partial charge in [0.05, 0.1) is 0 Å². The smallest absolute Gasteiger partial charge is 0.0418 e. The van der Waals surface area contributed by atoms with Crippen LogP contribution in [-0.2, 0) is 0 Å². The summed E-state index contributed by atoms with van der Waals surface area (Å²) in [5.41, 5.74) is 2.69. The molecule has 0 fully saturated rings. The predicted octanol–water partition coefficient (Wildman–Crippen LogP) is 4.09. The minimum absolute atomic E-state index is 0.484. The Kier molecular flexibility index (Phi) is 3.33. The molecule has 1 rings (SSSR count). The third kappa shape index (κ3) is 2.34.